The quantitative estimate of drug-likeness (QED) is 0.777. The lowest BCUT2D eigenvalue weighted by molar-refractivity contribution is -0.120. The highest BCUT2D eigenvalue weighted by molar-refractivity contribution is 7.12. The molecular weight excluding hydrogens is 362 g/mol. The van der Waals surface area contributed by atoms with E-state index in [4.69, 9.17) is 4.74 Å². The molecule has 2 fully saturated rings. The Kier molecular flexibility index (Phi) is 7.25. The van der Waals surface area contributed by atoms with Crippen molar-refractivity contribution in [2.75, 3.05) is 38.6 Å². The van der Waals surface area contributed by atoms with Crippen LogP contribution in [0.2, 0.25) is 0 Å². The Morgan fingerprint density at radius 2 is 2.12 bits per heavy atom. The third-order valence-corrected chi connectivity index (χ3v) is 6.01. The van der Waals surface area contributed by atoms with Crippen molar-refractivity contribution in [3.63, 3.8) is 0 Å². The third-order valence-electron chi connectivity index (χ3n) is 5.11. The first-order chi connectivity index (χ1) is 11.6. The molecule has 2 aliphatic rings. The molecule has 1 aromatic rings. The highest BCUT2D eigenvalue weighted by Gasteiger charge is 2.40. The van der Waals surface area contributed by atoms with Crippen molar-refractivity contribution in [3.8, 4) is 0 Å². The minimum Gasteiger partial charge on any atom is -0.465 e. The summed E-state index contributed by atoms with van der Waals surface area (Å²) in [6, 6.07) is 1.75. The predicted molar refractivity (Wildman–Crippen MR) is 102 cm³/mol. The van der Waals surface area contributed by atoms with Gasteiger partial charge in [0.1, 0.15) is 4.88 Å². The van der Waals surface area contributed by atoms with Gasteiger partial charge in [-0.15, -0.1) is 23.7 Å². The maximum atomic E-state index is 12.5. The van der Waals surface area contributed by atoms with Crippen molar-refractivity contribution in [1.82, 2.24) is 10.2 Å². The number of halogens is 1. The van der Waals surface area contributed by atoms with Gasteiger partial charge in [0.2, 0.25) is 5.91 Å². The zero-order chi connectivity index (χ0) is 17.0. The van der Waals surface area contributed by atoms with E-state index in [-0.39, 0.29) is 23.9 Å². The molecule has 0 bridgehead atoms. The molecule has 0 unspecified atom stereocenters. The predicted octanol–water partition coefficient (Wildman–Crippen LogP) is 2.50. The van der Waals surface area contributed by atoms with Crippen LogP contribution in [0.15, 0.2) is 11.4 Å². The smallest absolute Gasteiger partial charge is 0.350 e. The van der Waals surface area contributed by atoms with E-state index < -0.39 is 5.97 Å². The summed E-state index contributed by atoms with van der Waals surface area (Å²) in [7, 11) is 1.35. The zero-order valence-corrected chi connectivity index (χ0v) is 16.1. The Hall–Kier alpha value is -1.15. The van der Waals surface area contributed by atoms with E-state index in [9.17, 15) is 9.59 Å². The van der Waals surface area contributed by atoms with Crippen LogP contribution >= 0.6 is 23.7 Å². The summed E-state index contributed by atoms with van der Waals surface area (Å²) in [6.45, 7) is 3.14. The molecular formula is C17H26ClN3O3S. The van der Waals surface area contributed by atoms with Crippen LogP contribution in [0.5, 0.6) is 0 Å². The molecule has 8 heteroatoms. The van der Waals surface area contributed by atoms with Gasteiger partial charge in [-0.3, -0.25) is 9.69 Å². The van der Waals surface area contributed by atoms with E-state index >= 15 is 0 Å². The molecule has 140 valence electrons. The third kappa shape index (κ3) is 4.53. The van der Waals surface area contributed by atoms with Gasteiger partial charge in [-0.2, -0.15) is 0 Å². The number of piperazine rings is 1. The Balaban J connectivity index is 0.00000225. The number of carbonyl (C=O) groups is 2. The van der Waals surface area contributed by atoms with Crippen LogP contribution in [0, 0.1) is 0 Å². The van der Waals surface area contributed by atoms with Crippen LogP contribution < -0.4 is 10.6 Å². The van der Waals surface area contributed by atoms with Gasteiger partial charge in [0.25, 0.3) is 0 Å². The molecule has 0 aromatic carbocycles. The van der Waals surface area contributed by atoms with Gasteiger partial charge in [-0.1, -0.05) is 19.3 Å². The molecule has 1 aliphatic heterocycles. The lowest BCUT2D eigenvalue weighted by atomic mass is 9.79. The lowest BCUT2D eigenvalue weighted by Gasteiger charge is -2.49. The molecule has 2 heterocycles. The number of methoxy groups -OCH3 is 1. The van der Waals surface area contributed by atoms with Crippen molar-refractivity contribution in [1.29, 1.82) is 0 Å². The molecule has 1 spiro atoms. The molecule has 6 nitrogen and oxygen atoms in total. The Morgan fingerprint density at radius 3 is 2.84 bits per heavy atom. The molecule has 1 saturated heterocycles. The van der Waals surface area contributed by atoms with E-state index in [0.29, 0.717) is 17.1 Å². The summed E-state index contributed by atoms with van der Waals surface area (Å²) in [5.74, 6) is -0.475. The molecule has 1 aliphatic carbocycles. The first-order valence-electron chi connectivity index (χ1n) is 8.56. The van der Waals surface area contributed by atoms with Crippen molar-refractivity contribution >= 4 is 41.3 Å². The average molecular weight is 388 g/mol. The first-order valence-corrected chi connectivity index (χ1v) is 9.44. The molecule has 1 aromatic heterocycles. The molecule has 2 N–H and O–H groups in total. The zero-order valence-electron chi connectivity index (χ0n) is 14.5. The fraction of sp³-hybridized carbons (Fsp3) is 0.647. The Labute approximate surface area is 158 Å². The Morgan fingerprint density at radius 1 is 1.36 bits per heavy atom. The second kappa shape index (κ2) is 8.98. The van der Waals surface area contributed by atoms with Crippen molar-refractivity contribution in [3.05, 3.63) is 16.3 Å². The number of rotatable bonds is 4. The van der Waals surface area contributed by atoms with Gasteiger partial charge < -0.3 is 15.4 Å². The van der Waals surface area contributed by atoms with E-state index in [1.165, 1.54) is 37.7 Å². The number of anilines is 1. The SMILES string of the molecule is COC(=O)c1sccc1NC(=O)CN1CCNCC12CCCCC2.Cl. The molecule has 25 heavy (non-hydrogen) atoms. The van der Waals surface area contributed by atoms with E-state index in [2.05, 4.69) is 15.5 Å². The standard InChI is InChI=1S/C17H25N3O3S.ClH/c1-23-16(22)15-13(5-10-24-15)19-14(21)11-20-9-8-18-12-17(20)6-3-2-4-7-17;/h5,10,18H,2-4,6-9,11-12H2,1H3,(H,19,21);1H. The summed E-state index contributed by atoms with van der Waals surface area (Å²) in [5, 5.41) is 8.16. The molecule has 1 saturated carbocycles. The lowest BCUT2D eigenvalue weighted by Crippen LogP contribution is -2.63. The van der Waals surface area contributed by atoms with Gasteiger partial charge in [-0.25, -0.2) is 4.79 Å². The number of carbonyl (C=O) groups excluding carboxylic acids is 2. The van der Waals surface area contributed by atoms with Gasteiger partial charge >= 0.3 is 5.97 Å². The number of nitrogens with one attached hydrogen (secondary N) is 2. The molecule has 0 radical (unpaired) electrons. The average Bonchev–Trinajstić information content (AvgIpc) is 3.05. The summed E-state index contributed by atoms with van der Waals surface area (Å²) < 4.78 is 4.76. The van der Waals surface area contributed by atoms with Crippen LogP contribution in [0.25, 0.3) is 0 Å². The van der Waals surface area contributed by atoms with Gasteiger partial charge in [0.05, 0.1) is 19.3 Å². The number of hydrogen-bond donors (Lipinski definition) is 2. The summed E-state index contributed by atoms with van der Waals surface area (Å²) in [6.07, 6.45) is 6.06. The van der Waals surface area contributed by atoms with Crippen molar-refractivity contribution < 1.29 is 14.3 Å². The molecule has 0 atom stereocenters. The fourth-order valence-corrected chi connectivity index (χ4v) is 4.62. The topological polar surface area (TPSA) is 70.7 Å². The van der Waals surface area contributed by atoms with Gasteiger partial charge in [-0.05, 0) is 24.3 Å². The Bertz CT molecular complexity index is 593. The normalized spacial score (nSPS) is 19.9. The van der Waals surface area contributed by atoms with Gasteiger partial charge in [0.15, 0.2) is 0 Å². The summed E-state index contributed by atoms with van der Waals surface area (Å²) in [4.78, 5) is 27.1. The first kappa shape index (κ1) is 20.2. The largest absolute Gasteiger partial charge is 0.465 e. The van der Waals surface area contributed by atoms with E-state index in [0.717, 1.165) is 32.5 Å². The van der Waals surface area contributed by atoms with Crippen LogP contribution in [0.3, 0.4) is 0 Å². The highest BCUT2D eigenvalue weighted by atomic mass is 35.5. The van der Waals surface area contributed by atoms with Gasteiger partial charge in [0, 0.05) is 25.2 Å². The number of esters is 1. The maximum Gasteiger partial charge on any atom is 0.350 e. The van der Waals surface area contributed by atoms with Crippen LogP contribution in [0.1, 0.15) is 41.8 Å². The number of ether oxygens (including phenoxy) is 1. The summed E-state index contributed by atoms with van der Waals surface area (Å²) in [5.41, 5.74) is 0.665. The molecule has 3 rings (SSSR count). The molecule has 1 amide bonds. The number of thiophene rings is 1. The van der Waals surface area contributed by atoms with Crippen LogP contribution in [0.4, 0.5) is 5.69 Å². The fourth-order valence-electron chi connectivity index (χ4n) is 3.86. The number of hydrogen-bond acceptors (Lipinski definition) is 6. The van der Waals surface area contributed by atoms with Crippen molar-refractivity contribution in [2.45, 2.75) is 37.6 Å². The van der Waals surface area contributed by atoms with E-state index in [1.54, 1.807) is 11.4 Å². The minimum absolute atomic E-state index is 0. The van der Waals surface area contributed by atoms with Crippen LogP contribution in [-0.2, 0) is 9.53 Å². The minimum atomic E-state index is -0.411. The maximum absolute atomic E-state index is 12.5. The summed E-state index contributed by atoms with van der Waals surface area (Å²) >= 11 is 1.28. The second-order valence-corrected chi connectivity index (χ2v) is 7.50. The monoisotopic (exact) mass is 387 g/mol. The van der Waals surface area contributed by atoms with Crippen molar-refractivity contribution in [2.24, 2.45) is 0 Å². The highest BCUT2D eigenvalue weighted by Crippen LogP contribution is 2.34. The number of nitrogens with zero attached hydrogens (tertiary/aromatic N) is 1. The van der Waals surface area contributed by atoms with Crippen LogP contribution in [-0.4, -0.2) is 55.6 Å². The number of amides is 1. The van der Waals surface area contributed by atoms with E-state index in [1.807, 2.05) is 0 Å². The second-order valence-electron chi connectivity index (χ2n) is 6.59.